The molecule has 1 aromatic carbocycles. The highest BCUT2D eigenvalue weighted by Crippen LogP contribution is 2.31. The van der Waals surface area contributed by atoms with E-state index >= 15 is 0 Å². The number of ether oxygens (including phenoxy) is 1. The Morgan fingerprint density at radius 2 is 2.16 bits per heavy atom. The van der Waals surface area contributed by atoms with Crippen molar-refractivity contribution in [2.45, 2.75) is 39.3 Å². The fourth-order valence-electron chi connectivity index (χ4n) is 1.62. The quantitative estimate of drug-likeness (QED) is 0.586. The van der Waals surface area contributed by atoms with E-state index in [1.807, 2.05) is 20.8 Å². The summed E-state index contributed by atoms with van der Waals surface area (Å²) < 4.78 is 5.45. The molecule has 6 heteroatoms. The van der Waals surface area contributed by atoms with E-state index in [4.69, 9.17) is 9.84 Å². The van der Waals surface area contributed by atoms with Crippen molar-refractivity contribution in [2.24, 2.45) is 0 Å². The predicted molar refractivity (Wildman–Crippen MR) is 73.6 cm³/mol. The highest BCUT2D eigenvalue weighted by Gasteiger charge is 2.17. The zero-order valence-corrected chi connectivity index (χ0v) is 11.4. The Bertz CT molecular complexity index is 431. The number of aliphatic hydroxyl groups is 1. The lowest BCUT2D eigenvalue weighted by Gasteiger charge is -2.17. The summed E-state index contributed by atoms with van der Waals surface area (Å²) in [7, 11) is 0. The van der Waals surface area contributed by atoms with Crippen LogP contribution >= 0.6 is 0 Å². The van der Waals surface area contributed by atoms with Gasteiger partial charge in [-0.15, -0.1) is 0 Å². The molecule has 1 aromatic rings. The Morgan fingerprint density at radius 3 is 2.63 bits per heavy atom. The highest BCUT2D eigenvalue weighted by molar-refractivity contribution is 5.58. The van der Waals surface area contributed by atoms with Gasteiger partial charge in [-0.2, -0.15) is 0 Å². The summed E-state index contributed by atoms with van der Waals surface area (Å²) >= 11 is 0. The number of aliphatic hydroxyl groups excluding tert-OH is 1. The van der Waals surface area contributed by atoms with E-state index in [0.717, 1.165) is 6.42 Å². The molecule has 1 unspecified atom stereocenters. The fourth-order valence-corrected chi connectivity index (χ4v) is 1.62. The van der Waals surface area contributed by atoms with Gasteiger partial charge in [0.25, 0.3) is 0 Å². The third-order valence-electron chi connectivity index (χ3n) is 2.60. The van der Waals surface area contributed by atoms with Crippen LogP contribution in [0.5, 0.6) is 5.75 Å². The Kier molecular flexibility index (Phi) is 5.57. The van der Waals surface area contributed by atoms with Crippen molar-refractivity contribution < 1.29 is 14.8 Å². The normalized spacial score (nSPS) is 12.3. The topological polar surface area (TPSA) is 84.6 Å². The van der Waals surface area contributed by atoms with Crippen LogP contribution in [0, 0.1) is 10.1 Å². The maximum atomic E-state index is 10.9. The third-order valence-corrected chi connectivity index (χ3v) is 2.60. The first-order chi connectivity index (χ1) is 8.97. The van der Waals surface area contributed by atoms with Gasteiger partial charge in [0, 0.05) is 23.9 Å². The van der Waals surface area contributed by atoms with E-state index in [-0.39, 0.29) is 30.2 Å². The SMILES string of the molecule is CCC(CO)Nc1ccc([N+](=O)[O-])c(OC(C)C)c1. The standard InChI is InChI=1S/C13H20N2O4/c1-4-10(8-16)14-11-5-6-12(15(17)18)13(7-11)19-9(2)3/h5-7,9-10,14,16H,4,8H2,1-3H3. The minimum absolute atomic E-state index is 0.00780. The molecule has 1 rings (SSSR count). The number of anilines is 1. The Hall–Kier alpha value is -1.82. The maximum Gasteiger partial charge on any atom is 0.311 e. The van der Waals surface area contributed by atoms with Crippen LogP contribution < -0.4 is 10.1 Å². The predicted octanol–water partition coefficient (Wildman–Crippen LogP) is 2.56. The molecule has 0 saturated heterocycles. The van der Waals surface area contributed by atoms with E-state index in [2.05, 4.69) is 5.32 Å². The van der Waals surface area contributed by atoms with E-state index in [1.54, 1.807) is 12.1 Å². The second-order valence-corrected chi connectivity index (χ2v) is 4.54. The first-order valence-electron chi connectivity index (χ1n) is 6.30. The van der Waals surface area contributed by atoms with Gasteiger partial charge in [0.15, 0.2) is 5.75 Å². The average Bonchev–Trinajstić information content (AvgIpc) is 2.35. The summed E-state index contributed by atoms with van der Waals surface area (Å²) in [5.74, 6) is 0.234. The van der Waals surface area contributed by atoms with Crippen molar-refractivity contribution in [2.75, 3.05) is 11.9 Å². The molecule has 19 heavy (non-hydrogen) atoms. The zero-order valence-electron chi connectivity index (χ0n) is 11.4. The van der Waals surface area contributed by atoms with Gasteiger partial charge in [-0.05, 0) is 26.3 Å². The number of nitrogens with one attached hydrogen (secondary N) is 1. The molecule has 0 aliphatic heterocycles. The van der Waals surface area contributed by atoms with Crippen molar-refractivity contribution >= 4 is 11.4 Å². The molecule has 0 amide bonds. The Labute approximate surface area is 112 Å². The summed E-state index contributed by atoms with van der Waals surface area (Å²) in [5, 5.41) is 23.2. The molecule has 6 nitrogen and oxygen atoms in total. The molecule has 0 spiro atoms. The van der Waals surface area contributed by atoms with Crippen LogP contribution in [-0.4, -0.2) is 28.8 Å². The van der Waals surface area contributed by atoms with Gasteiger partial charge in [-0.25, -0.2) is 0 Å². The molecule has 2 N–H and O–H groups in total. The van der Waals surface area contributed by atoms with E-state index in [1.165, 1.54) is 6.07 Å². The lowest BCUT2D eigenvalue weighted by atomic mass is 10.2. The van der Waals surface area contributed by atoms with Crippen LogP contribution in [-0.2, 0) is 0 Å². The van der Waals surface area contributed by atoms with Crippen molar-refractivity contribution in [1.29, 1.82) is 0 Å². The van der Waals surface area contributed by atoms with Gasteiger partial charge in [0.1, 0.15) is 0 Å². The van der Waals surface area contributed by atoms with E-state index in [0.29, 0.717) is 5.69 Å². The number of nitrogens with zero attached hydrogens (tertiary/aromatic N) is 1. The van der Waals surface area contributed by atoms with Gasteiger partial charge >= 0.3 is 5.69 Å². The summed E-state index contributed by atoms with van der Waals surface area (Å²) in [6.45, 7) is 5.58. The number of nitro groups is 1. The number of benzene rings is 1. The second-order valence-electron chi connectivity index (χ2n) is 4.54. The lowest BCUT2D eigenvalue weighted by Crippen LogP contribution is -2.22. The number of nitro benzene ring substituents is 1. The van der Waals surface area contributed by atoms with Gasteiger partial charge in [-0.3, -0.25) is 10.1 Å². The van der Waals surface area contributed by atoms with E-state index in [9.17, 15) is 10.1 Å². The molecule has 0 radical (unpaired) electrons. The van der Waals surface area contributed by atoms with Gasteiger partial charge < -0.3 is 15.2 Å². The van der Waals surface area contributed by atoms with Crippen molar-refractivity contribution in [3.05, 3.63) is 28.3 Å². The van der Waals surface area contributed by atoms with E-state index < -0.39 is 4.92 Å². The van der Waals surface area contributed by atoms with Crippen molar-refractivity contribution in [3.8, 4) is 5.75 Å². The summed E-state index contributed by atoms with van der Waals surface area (Å²) in [6.07, 6.45) is 0.613. The van der Waals surface area contributed by atoms with Gasteiger partial charge in [0.2, 0.25) is 0 Å². The van der Waals surface area contributed by atoms with Crippen LogP contribution in [0.25, 0.3) is 0 Å². The molecule has 0 bridgehead atoms. The molecule has 1 atom stereocenters. The van der Waals surface area contributed by atoms with Crippen LogP contribution in [0.4, 0.5) is 11.4 Å². The fraction of sp³-hybridized carbons (Fsp3) is 0.538. The summed E-state index contributed by atoms with van der Waals surface area (Å²) in [4.78, 5) is 10.4. The largest absolute Gasteiger partial charge is 0.484 e. The number of rotatable bonds is 7. The van der Waals surface area contributed by atoms with Crippen molar-refractivity contribution in [3.63, 3.8) is 0 Å². The zero-order chi connectivity index (χ0) is 14.4. The van der Waals surface area contributed by atoms with Crippen LogP contribution in [0.1, 0.15) is 27.2 Å². The Morgan fingerprint density at radius 1 is 1.47 bits per heavy atom. The minimum atomic E-state index is -0.467. The number of hydrogen-bond acceptors (Lipinski definition) is 5. The van der Waals surface area contributed by atoms with Gasteiger partial charge in [0.05, 0.1) is 17.6 Å². The monoisotopic (exact) mass is 268 g/mol. The van der Waals surface area contributed by atoms with Crippen LogP contribution in [0.15, 0.2) is 18.2 Å². The Balaban J connectivity index is 3.00. The molecular weight excluding hydrogens is 248 g/mol. The molecule has 0 heterocycles. The van der Waals surface area contributed by atoms with Crippen LogP contribution in [0.3, 0.4) is 0 Å². The molecular formula is C13H20N2O4. The summed E-state index contributed by atoms with van der Waals surface area (Å²) in [6, 6.07) is 4.54. The minimum Gasteiger partial charge on any atom is -0.484 e. The highest BCUT2D eigenvalue weighted by atomic mass is 16.6. The second kappa shape index (κ2) is 6.94. The van der Waals surface area contributed by atoms with Gasteiger partial charge in [-0.1, -0.05) is 6.92 Å². The first kappa shape index (κ1) is 15.2. The molecule has 0 aromatic heterocycles. The lowest BCUT2D eigenvalue weighted by molar-refractivity contribution is -0.386. The third kappa shape index (κ3) is 4.40. The van der Waals surface area contributed by atoms with Crippen molar-refractivity contribution in [1.82, 2.24) is 0 Å². The molecule has 0 aliphatic carbocycles. The first-order valence-corrected chi connectivity index (χ1v) is 6.30. The smallest absolute Gasteiger partial charge is 0.311 e. The average molecular weight is 268 g/mol. The summed E-state index contributed by atoms with van der Waals surface area (Å²) in [5.41, 5.74) is 0.637. The maximum absolute atomic E-state index is 10.9. The van der Waals surface area contributed by atoms with Crippen LogP contribution in [0.2, 0.25) is 0 Å². The molecule has 0 fully saturated rings. The molecule has 106 valence electrons. The number of hydrogen-bond donors (Lipinski definition) is 2. The molecule has 0 aliphatic rings. The molecule has 0 saturated carbocycles.